The molecule has 0 saturated carbocycles. The maximum atomic E-state index is 12.4. The summed E-state index contributed by atoms with van der Waals surface area (Å²) in [7, 11) is 1.64. The number of nitrogens with zero attached hydrogens (tertiary/aromatic N) is 2. The second-order valence-electron chi connectivity index (χ2n) is 7.16. The second-order valence-corrected chi connectivity index (χ2v) is 9.13. The number of fused-ring (bicyclic) bond motifs is 1. The summed E-state index contributed by atoms with van der Waals surface area (Å²) in [5, 5.41) is 7.58. The van der Waals surface area contributed by atoms with Gasteiger partial charge in [-0.1, -0.05) is 18.2 Å². The highest BCUT2D eigenvalue weighted by atomic mass is 32.2. The third-order valence-corrected chi connectivity index (χ3v) is 6.61. The first-order valence-electron chi connectivity index (χ1n) is 9.93. The number of thioether (sulfide) groups is 1. The summed E-state index contributed by atoms with van der Waals surface area (Å²) in [6.45, 7) is 4.17. The number of aromatic nitrogens is 2. The van der Waals surface area contributed by atoms with Crippen molar-refractivity contribution in [1.29, 1.82) is 0 Å². The molecule has 1 N–H and O–H groups in total. The van der Waals surface area contributed by atoms with Gasteiger partial charge < -0.3 is 10.1 Å². The van der Waals surface area contributed by atoms with Gasteiger partial charge in [-0.15, -0.1) is 23.1 Å². The quantitative estimate of drug-likeness (QED) is 0.345. The van der Waals surface area contributed by atoms with Crippen molar-refractivity contribution in [1.82, 2.24) is 9.97 Å². The zero-order valence-electron chi connectivity index (χ0n) is 17.6. The van der Waals surface area contributed by atoms with Crippen LogP contribution in [0.4, 0.5) is 5.13 Å². The zero-order chi connectivity index (χ0) is 21.8. The van der Waals surface area contributed by atoms with E-state index in [1.54, 1.807) is 18.9 Å². The number of rotatable bonds is 7. The van der Waals surface area contributed by atoms with Gasteiger partial charge in [0.15, 0.2) is 5.13 Å². The molecular formula is C24H23N3O2S2. The van der Waals surface area contributed by atoms with E-state index in [-0.39, 0.29) is 5.91 Å². The predicted molar refractivity (Wildman–Crippen MR) is 129 cm³/mol. The molecular weight excluding hydrogens is 426 g/mol. The van der Waals surface area contributed by atoms with E-state index in [4.69, 9.17) is 9.72 Å². The van der Waals surface area contributed by atoms with E-state index in [1.165, 1.54) is 22.3 Å². The summed E-state index contributed by atoms with van der Waals surface area (Å²) >= 11 is 3.03. The number of anilines is 1. The Morgan fingerprint density at radius 2 is 1.90 bits per heavy atom. The average Bonchev–Trinajstić information content (AvgIpc) is 3.23. The SMILES string of the molecule is COc1ccc(-c2csc(NC(=O)CCSc3cc(C)c4cccc(C)c4n3)n2)cc1. The number of hydrogen-bond acceptors (Lipinski definition) is 6. The van der Waals surface area contributed by atoms with Crippen LogP contribution in [0.25, 0.3) is 22.2 Å². The summed E-state index contributed by atoms with van der Waals surface area (Å²) in [6.07, 6.45) is 0.397. The fraction of sp³-hybridized carbons (Fsp3) is 0.208. The minimum Gasteiger partial charge on any atom is -0.497 e. The van der Waals surface area contributed by atoms with Crippen LogP contribution in [-0.2, 0) is 4.79 Å². The maximum absolute atomic E-state index is 12.4. The van der Waals surface area contributed by atoms with E-state index in [2.05, 4.69) is 48.4 Å². The van der Waals surface area contributed by atoms with E-state index in [0.29, 0.717) is 17.3 Å². The third kappa shape index (κ3) is 5.06. The van der Waals surface area contributed by atoms with Crippen molar-refractivity contribution in [3.63, 3.8) is 0 Å². The topological polar surface area (TPSA) is 64.1 Å². The molecule has 2 heterocycles. The highest BCUT2D eigenvalue weighted by Crippen LogP contribution is 2.28. The lowest BCUT2D eigenvalue weighted by Crippen LogP contribution is -2.12. The monoisotopic (exact) mass is 449 g/mol. The molecule has 0 aliphatic heterocycles. The number of ether oxygens (including phenoxy) is 1. The van der Waals surface area contributed by atoms with E-state index in [9.17, 15) is 4.79 Å². The van der Waals surface area contributed by atoms with Crippen LogP contribution in [0.3, 0.4) is 0 Å². The molecule has 2 aromatic heterocycles. The van der Waals surface area contributed by atoms with Gasteiger partial charge in [-0.2, -0.15) is 0 Å². The van der Waals surface area contributed by atoms with E-state index in [1.807, 2.05) is 29.6 Å². The Hall–Kier alpha value is -2.90. The minimum atomic E-state index is -0.0446. The van der Waals surface area contributed by atoms with Gasteiger partial charge in [0.25, 0.3) is 0 Å². The average molecular weight is 450 g/mol. The smallest absolute Gasteiger partial charge is 0.226 e. The fourth-order valence-electron chi connectivity index (χ4n) is 3.26. The summed E-state index contributed by atoms with van der Waals surface area (Å²) in [6, 6.07) is 16.0. The molecule has 0 fully saturated rings. The van der Waals surface area contributed by atoms with Crippen molar-refractivity contribution in [2.45, 2.75) is 25.3 Å². The van der Waals surface area contributed by atoms with Crippen molar-refractivity contribution in [3.05, 3.63) is 65.0 Å². The minimum absolute atomic E-state index is 0.0446. The molecule has 0 bridgehead atoms. The first kappa shape index (κ1) is 21.3. The van der Waals surface area contributed by atoms with Crippen molar-refractivity contribution in [2.75, 3.05) is 18.2 Å². The number of amides is 1. The highest BCUT2D eigenvalue weighted by molar-refractivity contribution is 7.99. The number of methoxy groups -OCH3 is 1. The lowest BCUT2D eigenvalue weighted by molar-refractivity contribution is -0.115. The van der Waals surface area contributed by atoms with E-state index >= 15 is 0 Å². The van der Waals surface area contributed by atoms with Crippen LogP contribution in [0, 0.1) is 13.8 Å². The number of para-hydroxylation sites is 1. The third-order valence-electron chi connectivity index (χ3n) is 4.94. The normalized spacial score (nSPS) is 10.9. The van der Waals surface area contributed by atoms with Crippen LogP contribution in [-0.4, -0.2) is 28.7 Å². The van der Waals surface area contributed by atoms with Gasteiger partial charge in [0.1, 0.15) is 5.75 Å². The molecule has 7 heteroatoms. The molecule has 4 aromatic rings. The molecule has 158 valence electrons. The molecule has 0 aliphatic rings. The summed E-state index contributed by atoms with van der Waals surface area (Å²) in [5.74, 6) is 1.42. The van der Waals surface area contributed by atoms with Crippen LogP contribution in [0.1, 0.15) is 17.5 Å². The molecule has 4 rings (SSSR count). The lowest BCUT2D eigenvalue weighted by atomic mass is 10.1. The van der Waals surface area contributed by atoms with Crippen LogP contribution in [0.15, 0.2) is 58.9 Å². The maximum Gasteiger partial charge on any atom is 0.226 e. The van der Waals surface area contributed by atoms with Crippen molar-refractivity contribution < 1.29 is 9.53 Å². The Morgan fingerprint density at radius 1 is 1.10 bits per heavy atom. The fourth-order valence-corrected chi connectivity index (χ4v) is 4.91. The van der Waals surface area contributed by atoms with E-state index < -0.39 is 0 Å². The number of pyridine rings is 1. The predicted octanol–water partition coefficient (Wildman–Crippen LogP) is 6.10. The number of aryl methyl sites for hydroxylation is 2. The van der Waals surface area contributed by atoms with Gasteiger partial charge in [0, 0.05) is 28.5 Å². The van der Waals surface area contributed by atoms with Gasteiger partial charge in [-0.25, -0.2) is 9.97 Å². The van der Waals surface area contributed by atoms with Gasteiger partial charge >= 0.3 is 0 Å². The number of nitrogens with one attached hydrogen (secondary N) is 1. The second kappa shape index (κ2) is 9.49. The summed E-state index contributed by atoms with van der Waals surface area (Å²) in [4.78, 5) is 21.7. The van der Waals surface area contributed by atoms with E-state index in [0.717, 1.165) is 33.1 Å². The van der Waals surface area contributed by atoms with Crippen molar-refractivity contribution in [2.24, 2.45) is 0 Å². The largest absolute Gasteiger partial charge is 0.497 e. The van der Waals surface area contributed by atoms with Crippen LogP contribution in [0.2, 0.25) is 0 Å². The molecule has 0 radical (unpaired) electrons. The van der Waals surface area contributed by atoms with Crippen molar-refractivity contribution >= 4 is 45.0 Å². The Labute approximate surface area is 189 Å². The van der Waals surface area contributed by atoms with Crippen LogP contribution >= 0.6 is 23.1 Å². The van der Waals surface area contributed by atoms with Crippen LogP contribution in [0.5, 0.6) is 5.75 Å². The first-order valence-corrected chi connectivity index (χ1v) is 11.8. The molecule has 1 amide bonds. The molecule has 31 heavy (non-hydrogen) atoms. The van der Waals surface area contributed by atoms with Crippen LogP contribution < -0.4 is 10.1 Å². The molecule has 0 aliphatic carbocycles. The molecule has 0 saturated heterocycles. The Morgan fingerprint density at radius 3 is 2.68 bits per heavy atom. The summed E-state index contributed by atoms with van der Waals surface area (Å²) < 4.78 is 5.18. The van der Waals surface area contributed by atoms with Gasteiger partial charge in [0.2, 0.25) is 5.91 Å². The Kier molecular flexibility index (Phi) is 6.53. The summed E-state index contributed by atoms with van der Waals surface area (Å²) in [5.41, 5.74) is 5.22. The number of hydrogen-bond donors (Lipinski definition) is 1. The molecule has 5 nitrogen and oxygen atoms in total. The number of carbonyl (C=O) groups excluding carboxylic acids is 1. The molecule has 0 spiro atoms. The first-order chi connectivity index (χ1) is 15.0. The number of benzene rings is 2. The highest BCUT2D eigenvalue weighted by Gasteiger charge is 2.10. The Balaban J connectivity index is 1.33. The van der Waals surface area contributed by atoms with Crippen molar-refractivity contribution in [3.8, 4) is 17.0 Å². The molecule has 0 unspecified atom stereocenters. The van der Waals surface area contributed by atoms with Gasteiger partial charge in [-0.3, -0.25) is 4.79 Å². The standard InChI is InChI=1S/C24H23N3O2S2/c1-15-5-4-6-19-16(2)13-22(27-23(15)19)30-12-11-21(28)26-24-25-20(14-31-24)17-7-9-18(29-3)10-8-17/h4-10,13-14H,11-12H2,1-3H3,(H,25,26,28). The van der Waals surface area contributed by atoms with Gasteiger partial charge in [0.05, 0.1) is 23.3 Å². The lowest BCUT2D eigenvalue weighted by Gasteiger charge is -2.08. The zero-order valence-corrected chi connectivity index (χ0v) is 19.3. The number of thiazole rings is 1. The molecule has 0 atom stereocenters. The Bertz CT molecular complexity index is 1220. The number of carbonyl (C=O) groups is 1. The molecule has 2 aromatic carbocycles. The van der Waals surface area contributed by atoms with Gasteiger partial charge in [-0.05, 0) is 55.3 Å².